The van der Waals surface area contributed by atoms with E-state index in [1.54, 1.807) is 0 Å². The van der Waals surface area contributed by atoms with Crippen LogP contribution in [0.15, 0.2) is 24.4 Å². The number of rotatable bonds is 4. The second kappa shape index (κ2) is 4.72. The minimum absolute atomic E-state index is 0.130. The number of aryl methyl sites for hydroxylation is 1. The van der Waals surface area contributed by atoms with Crippen molar-refractivity contribution in [1.29, 1.82) is 0 Å². The maximum absolute atomic E-state index is 11.1. The number of amides is 1. The highest BCUT2D eigenvalue weighted by Crippen LogP contribution is 2.26. The van der Waals surface area contributed by atoms with Gasteiger partial charge in [0.2, 0.25) is 5.91 Å². The Balaban J connectivity index is 2.48. The SMILES string of the molecule is CC(C)Oc1ccc2c(c1)c(CC(N)=O)cn2C. The third kappa shape index (κ3) is 2.47. The summed E-state index contributed by atoms with van der Waals surface area (Å²) in [7, 11) is 1.95. The third-order valence-corrected chi connectivity index (χ3v) is 2.78. The maximum atomic E-state index is 11.1. The van der Waals surface area contributed by atoms with E-state index in [2.05, 4.69) is 0 Å². The standard InChI is InChI=1S/C14H18N2O2/c1-9(2)18-11-4-5-13-12(7-11)10(6-14(15)17)8-16(13)3/h4-5,7-9H,6H2,1-3H3,(H2,15,17). The number of aromatic nitrogens is 1. The van der Waals surface area contributed by atoms with Gasteiger partial charge in [-0.3, -0.25) is 4.79 Å². The van der Waals surface area contributed by atoms with Crippen LogP contribution in [-0.2, 0) is 18.3 Å². The van der Waals surface area contributed by atoms with E-state index in [9.17, 15) is 4.79 Å². The van der Waals surface area contributed by atoms with Gasteiger partial charge < -0.3 is 15.0 Å². The van der Waals surface area contributed by atoms with Gasteiger partial charge in [0.1, 0.15) is 5.75 Å². The zero-order valence-corrected chi connectivity index (χ0v) is 10.9. The van der Waals surface area contributed by atoms with Gasteiger partial charge in [-0.15, -0.1) is 0 Å². The molecule has 96 valence electrons. The molecule has 4 heteroatoms. The van der Waals surface area contributed by atoms with Crippen molar-refractivity contribution in [3.63, 3.8) is 0 Å². The summed E-state index contributed by atoms with van der Waals surface area (Å²) in [6, 6.07) is 5.90. The van der Waals surface area contributed by atoms with E-state index < -0.39 is 0 Å². The molecule has 0 aliphatic rings. The number of carbonyl (C=O) groups is 1. The summed E-state index contributed by atoms with van der Waals surface area (Å²) in [5.41, 5.74) is 7.27. The Morgan fingerprint density at radius 2 is 2.17 bits per heavy atom. The quantitative estimate of drug-likeness (QED) is 0.897. The average Bonchev–Trinajstić information content (AvgIpc) is 2.54. The van der Waals surface area contributed by atoms with E-state index >= 15 is 0 Å². The largest absolute Gasteiger partial charge is 0.491 e. The second-order valence-electron chi connectivity index (χ2n) is 4.75. The minimum Gasteiger partial charge on any atom is -0.491 e. The molecular weight excluding hydrogens is 228 g/mol. The van der Waals surface area contributed by atoms with Crippen LogP contribution in [0, 0.1) is 0 Å². The molecule has 1 aromatic heterocycles. The number of nitrogens with zero attached hydrogens (tertiary/aromatic N) is 1. The van der Waals surface area contributed by atoms with Gasteiger partial charge in [-0.05, 0) is 37.6 Å². The first-order valence-electron chi connectivity index (χ1n) is 6.00. The maximum Gasteiger partial charge on any atom is 0.221 e. The molecule has 0 atom stereocenters. The molecule has 1 aromatic carbocycles. The lowest BCUT2D eigenvalue weighted by molar-refractivity contribution is -0.117. The zero-order chi connectivity index (χ0) is 13.3. The fourth-order valence-electron chi connectivity index (χ4n) is 2.13. The van der Waals surface area contributed by atoms with Crippen LogP contribution in [0.3, 0.4) is 0 Å². The summed E-state index contributed by atoms with van der Waals surface area (Å²) < 4.78 is 7.66. The Kier molecular flexibility index (Phi) is 3.28. The number of primary amides is 1. The summed E-state index contributed by atoms with van der Waals surface area (Å²) >= 11 is 0. The van der Waals surface area contributed by atoms with Crippen LogP contribution < -0.4 is 10.5 Å². The molecule has 0 aliphatic heterocycles. The van der Waals surface area contributed by atoms with Crippen molar-refractivity contribution in [3.8, 4) is 5.75 Å². The van der Waals surface area contributed by atoms with Crippen LogP contribution in [-0.4, -0.2) is 16.6 Å². The molecule has 0 aliphatic carbocycles. The van der Waals surface area contributed by atoms with Crippen LogP contribution in [0.4, 0.5) is 0 Å². The number of ether oxygens (including phenoxy) is 1. The Bertz CT molecular complexity index is 585. The van der Waals surface area contributed by atoms with Gasteiger partial charge in [0, 0.05) is 24.1 Å². The van der Waals surface area contributed by atoms with E-state index in [1.165, 1.54) is 0 Å². The number of hydrogen-bond donors (Lipinski definition) is 1. The van der Waals surface area contributed by atoms with Crippen molar-refractivity contribution < 1.29 is 9.53 Å². The fraction of sp³-hybridized carbons (Fsp3) is 0.357. The van der Waals surface area contributed by atoms with Crippen molar-refractivity contribution in [3.05, 3.63) is 30.0 Å². The molecule has 0 bridgehead atoms. The van der Waals surface area contributed by atoms with Crippen molar-refractivity contribution in [1.82, 2.24) is 4.57 Å². The lowest BCUT2D eigenvalue weighted by Gasteiger charge is -2.09. The summed E-state index contributed by atoms with van der Waals surface area (Å²) in [6.07, 6.45) is 2.32. The Hall–Kier alpha value is -1.97. The molecular formula is C14H18N2O2. The lowest BCUT2D eigenvalue weighted by atomic mass is 10.1. The molecule has 1 amide bonds. The van der Waals surface area contributed by atoms with Crippen LogP contribution in [0.5, 0.6) is 5.75 Å². The van der Waals surface area contributed by atoms with Gasteiger partial charge in [0.25, 0.3) is 0 Å². The lowest BCUT2D eigenvalue weighted by Crippen LogP contribution is -2.13. The average molecular weight is 246 g/mol. The van der Waals surface area contributed by atoms with E-state index in [-0.39, 0.29) is 18.4 Å². The van der Waals surface area contributed by atoms with Crippen LogP contribution >= 0.6 is 0 Å². The predicted octanol–water partition coefficient (Wildman–Crippen LogP) is 1.99. The van der Waals surface area contributed by atoms with Gasteiger partial charge >= 0.3 is 0 Å². The van der Waals surface area contributed by atoms with E-state index in [0.717, 1.165) is 22.2 Å². The molecule has 2 aromatic rings. The Labute approximate surface area is 106 Å². The predicted molar refractivity (Wildman–Crippen MR) is 71.6 cm³/mol. The van der Waals surface area contributed by atoms with Crippen LogP contribution in [0.25, 0.3) is 10.9 Å². The molecule has 2 rings (SSSR count). The summed E-state index contributed by atoms with van der Waals surface area (Å²) in [5, 5.41) is 1.02. The molecule has 1 heterocycles. The number of hydrogen-bond acceptors (Lipinski definition) is 2. The smallest absolute Gasteiger partial charge is 0.221 e. The van der Waals surface area contributed by atoms with Crippen LogP contribution in [0.1, 0.15) is 19.4 Å². The molecule has 4 nitrogen and oxygen atoms in total. The van der Waals surface area contributed by atoms with Crippen molar-refractivity contribution >= 4 is 16.8 Å². The molecule has 0 fully saturated rings. The molecule has 0 radical (unpaired) electrons. The molecule has 2 N–H and O–H groups in total. The van der Waals surface area contributed by atoms with E-state index in [1.807, 2.05) is 49.9 Å². The van der Waals surface area contributed by atoms with Gasteiger partial charge in [-0.2, -0.15) is 0 Å². The fourth-order valence-corrected chi connectivity index (χ4v) is 2.13. The molecule has 18 heavy (non-hydrogen) atoms. The topological polar surface area (TPSA) is 57.2 Å². The molecule has 0 unspecified atom stereocenters. The van der Waals surface area contributed by atoms with Crippen molar-refractivity contribution in [2.24, 2.45) is 12.8 Å². The summed E-state index contributed by atoms with van der Waals surface area (Å²) in [4.78, 5) is 11.1. The van der Waals surface area contributed by atoms with Gasteiger partial charge in [0.05, 0.1) is 12.5 Å². The highest BCUT2D eigenvalue weighted by molar-refractivity contribution is 5.89. The zero-order valence-electron chi connectivity index (χ0n) is 10.9. The molecule has 0 saturated carbocycles. The molecule has 0 saturated heterocycles. The molecule has 0 spiro atoms. The highest BCUT2D eigenvalue weighted by atomic mass is 16.5. The number of benzene rings is 1. The van der Waals surface area contributed by atoms with Crippen molar-refractivity contribution in [2.75, 3.05) is 0 Å². The first-order chi connectivity index (χ1) is 8.47. The summed E-state index contributed by atoms with van der Waals surface area (Å²) in [5.74, 6) is 0.493. The monoisotopic (exact) mass is 246 g/mol. The number of fused-ring (bicyclic) bond motifs is 1. The Morgan fingerprint density at radius 1 is 1.44 bits per heavy atom. The normalized spacial score (nSPS) is 11.1. The van der Waals surface area contributed by atoms with Crippen molar-refractivity contribution in [2.45, 2.75) is 26.4 Å². The highest BCUT2D eigenvalue weighted by Gasteiger charge is 2.10. The van der Waals surface area contributed by atoms with E-state index in [4.69, 9.17) is 10.5 Å². The van der Waals surface area contributed by atoms with Crippen LogP contribution in [0.2, 0.25) is 0 Å². The first-order valence-corrected chi connectivity index (χ1v) is 6.00. The Morgan fingerprint density at radius 3 is 2.78 bits per heavy atom. The van der Waals surface area contributed by atoms with E-state index in [0.29, 0.717) is 0 Å². The minimum atomic E-state index is -0.322. The number of carbonyl (C=O) groups excluding carboxylic acids is 1. The second-order valence-corrected chi connectivity index (χ2v) is 4.75. The first kappa shape index (κ1) is 12.5. The number of nitrogens with two attached hydrogens (primary N) is 1. The van der Waals surface area contributed by atoms with Gasteiger partial charge in [-0.25, -0.2) is 0 Å². The van der Waals surface area contributed by atoms with Gasteiger partial charge in [-0.1, -0.05) is 0 Å². The third-order valence-electron chi connectivity index (χ3n) is 2.78. The van der Waals surface area contributed by atoms with Gasteiger partial charge in [0.15, 0.2) is 0 Å². The summed E-state index contributed by atoms with van der Waals surface area (Å²) in [6.45, 7) is 3.97.